The number of aromatic hydroxyl groups is 1. The summed E-state index contributed by atoms with van der Waals surface area (Å²) in [6.45, 7) is 1.68. The van der Waals surface area contributed by atoms with Crippen LogP contribution in [0.15, 0.2) is 51.9 Å². The summed E-state index contributed by atoms with van der Waals surface area (Å²) < 4.78 is 7.24. The van der Waals surface area contributed by atoms with Gasteiger partial charge in [0.2, 0.25) is 0 Å². The fraction of sp³-hybridized carbons (Fsp3) is 0.118. The van der Waals surface area contributed by atoms with Crippen molar-refractivity contribution in [2.75, 3.05) is 0 Å². The standard InChI is InChI=1S/C17H13BrN2O4/c1-10-3-2-6-20-15(22)8-12(19-16(10)20)9-24-17(23)13-7-11(18)4-5-14(13)21/h2-8,21H,9H2,1H3. The van der Waals surface area contributed by atoms with Gasteiger partial charge in [0.05, 0.1) is 5.69 Å². The van der Waals surface area contributed by atoms with Gasteiger partial charge in [0.15, 0.2) is 0 Å². The van der Waals surface area contributed by atoms with Crippen LogP contribution in [0.1, 0.15) is 21.6 Å². The largest absolute Gasteiger partial charge is 0.507 e. The third kappa shape index (κ3) is 3.16. The van der Waals surface area contributed by atoms with Gasteiger partial charge in [-0.1, -0.05) is 22.0 Å². The number of hydrogen-bond acceptors (Lipinski definition) is 5. The number of carbonyl (C=O) groups excluding carboxylic acids is 1. The summed E-state index contributed by atoms with van der Waals surface area (Å²) in [7, 11) is 0. The second-order valence-corrected chi connectivity index (χ2v) is 6.12. The number of nitrogens with zero attached hydrogens (tertiary/aromatic N) is 2. The topological polar surface area (TPSA) is 80.9 Å². The van der Waals surface area contributed by atoms with Gasteiger partial charge in [-0.3, -0.25) is 9.20 Å². The zero-order chi connectivity index (χ0) is 17.3. The second kappa shape index (κ2) is 6.45. The van der Waals surface area contributed by atoms with E-state index in [1.54, 1.807) is 18.3 Å². The maximum atomic E-state index is 12.1. The summed E-state index contributed by atoms with van der Waals surface area (Å²) in [5.74, 6) is -0.869. The molecule has 3 rings (SSSR count). The maximum Gasteiger partial charge on any atom is 0.342 e. The number of ether oxygens (including phenoxy) is 1. The van der Waals surface area contributed by atoms with Crippen molar-refractivity contribution in [1.82, 2.24) is 9.38 Å². The average Bonchev–Trinajstić information content (AvgIpc) is 2.56. The third-order valence-corrected chi connectivity index (χ3v) is 3.96. The van der Waals surface area contributed by atoms with Gasteiger partial charge in [0, 0.05) is 16.7 Å². The molecule has 1 aromatic carbocycles. The predicted molar refractivity (Wildman–Crippen MR) is 91.1 cm³/mol. The molecule has 0 aliphatic rings. The first kappa shape index (κ1) is 16.2. The minimum Gasteiger partial charge on any atom is -0.507 e. The highest BCUT2D eigenvalue weighted by atomic mass is 79.9. The molecular formula is C17H13BrN2O4. The van der Waals surface area contributed by atoms with Gasteiger partial charge in [-0.05, 0) is 36.8 Å². The van der Waals surface area contributed by atoms with Gasteiger partial charge in [-0.25, -0.2) is 9.78 Å². The van der Waals surface area contributed by atoms with Crippen LogP contribution in [0.4, 0.5) is 0 Å². The van der Waals surface area contributed by atoms with E-state index < -0.39 is 5.97 Å². The zero-order valence-electron chi connectivity index (χ0n) is 12.7. The molecule has 0 aliphatic carbocycles. The van der Waals surface area contributed by atoms with Gasteiger partial charge in [-0.15, -0.1) is 0 Å². The zero-order valence-corrected chi connectivity index (χ0v) is 14.3. The van der Waals surface area contributed by atoms with Gasteiger partial charge >= 0.3 is 5.97 Å². The van der Waals surface area contributed by atoms with E-state index in [1.165, 1.54) is 22.6 Å². The van der Waals surface area contributed by atoms with E-state index in [2.05, 4.69) is 20.9 Å². The summed E-state index contributed by atoms with van der Waals surface area (Å²) in [6, 6.07) is 9.40. The molecule has 122 valence electrons. The first-order valence-electron chi connectivity index (χ1n) is 7.09. The number of fused-ring (bicyclic) bond motifs is 1. The highest BCUT2D eigenvalue weighted by Crippen LogP contribution is 2.22. The van der Waals surface area contributed by atoms with Gasteiger partial charge < -0.3 is 9.84 Å². The van der Waals surface area contributed by atoms with Crippen LogP contribution in [-0.4, -0.2) is 20.5 Å². The molecule has 2 heterocycles. The Bertz CT molecular complexity index is 998. The van der Waals surface area contributed by atoms with E-state index in [9.17, 15) is 14.7 Å². The Morgan fingerprint density at radius 2 is 2.12 bits per heavy atom. The quantitative estimate of drug-likeness (QED) is 0.697. The highest BCUT2D eigenvalue weighted by Gasteiger charge is 2.14. The first-order valence-corrected chi connectivity index (χ1v) is 7.88. The molecule has 2 aromatic heterocycles. The van der Waals surface area contributed by atoms with Crippen LogP contribution in [0.3, 0.4) is 0 Å². The summed E-state index contributed by atoms with van der Waals surface area (Å²) in [5.41, 5.74) is 1.49. The van der Waals surface area contributed by atoms with Gasteiger partial charge in [-0.2, -0.15) is 0 Å². The molecule has 0 radical (unpaired) electrons. The average molecular weight is 389 g/mol. The molecule has 0 saturated carbocycles. The summed E-state index contributed by atoms with van der Waals surface area (Å²) in [6.07, 6.45) is 1.63. The summed E-state index contributed by atoms with van der Waals surface area (Å²) >= 11 is 3.23. The number of aromatic nitrogens is 2. The Kier molecular flexibility index (Phi) is 4.35. The van der Waals surface area contributed by atoms with Gasteiger partial charge in [0.1, 0.15) is 23.6 Å². The van der Waals surface area contributed by atoms with E-state index in [1.807, 2.05) is 13.0 Å². The molecule has 0 bridgehead atoms. The Morgan fingerprint density at radius 3 is 2.92 bits per heavy atom. The van der Waals surface area contributed by atoms with Crippen molar-refractivity contribution >= 4 is 27.5 Å². The van der Waals surface area contributed by atoms with Crippen LogP contribution in [0, 0.1) is 6.92 Å². The third-order valence-electron chi connectivity index (χ3n) is 3.47. The van der Waals surface area contributed by atoms with Crippen LogP contribution >= 0.6 is 15.9 Å². The van der Waals surface area contributed by atoms with E-state index in [0.717, 1.165) is 5.56 Å². The SMILES string of the molecule is Cc1cccn2c(=O)cc(COC(=O)c3cc(Br)ccc3O)nc12. The molecule has 7 heteroatoms. The van der Waals surface area contributed by atoms with Crippen molar-refractivity contribution in [3.63, 3.8) is 0 Å². The molecule has 3 aromatic rings. The normalized spacial score (nSPS) is 10.8. The van der Waals surface area contributed by atoms with Crippen LogP contribution in [0.2, 0.25) is 0 Å². The fourth-order valence-corrected chi connectivity index (χ4v) is 2.63. The molecule has 0 amide bonds. The predicted octanol–water partition coefficient (Wildman–Crippen LogP) is 2.83. The van der Waals surface area contributed by atoms with E-state index in [0.29, 0.717) is 15.8 Å². The summed E-state index contributed by atoms with van der Waals surface area (Å²) in [5, 5.41) is 9.73. The van der Waals surface area contributed by atoms with E-state index in [-0.39, 0.29) is 23.5 Å². The Hall–Kier alpha value is -2.67. The molecule has 0 aliphatic heterocycles. The van der Waals surface area contributed by atoms with Crippen molar-refractivity contribution in [3.05, 3.63) is 74.2 Å². The lowest BCUT2D eigenvalue weighted by molar-refractivity contribution is 0.0464. The van der Waals surface area contributed by atoms with Crippen molar-refractivity contribution in [2.45, 2.75) is 13.5 Å². The molecule has 6 nitrogen and oxygen atoms in total. The first-order chi connectivity index (χ1) is 11.5. The molecule has 0 fully saturated rings. The molecule has 0 spiro atoms. The Balaban J connectivity index is 1.86. The number of carbonyl (C=O) groups is 1. The number of rotatable bonds is 3. The lowest BCUT2D eigenvalue weighted by atomic mass is 10.2. The number of aryl methyl sites for hydroxylation is 1. The minimum atomic E-state index is -0.694. The van der Waals surface area contributed by atoms with Crippen molar-refractivity contribution in [2.24, 2.45) is 0 Å². The number of pyridine rings is 1. The monoisotopic (exact) mass is 388 g/mol. The Labute approximate surface area is 145 Å². The molecule has 24 heavy (non-hydrogen) atoms. The van der Waals surface area contributed by atoms with Crippen LogP contribution < -0.4 is 5.56 Å². The van der Waals surface area contributed by atoms with Crippen LogP contribution in [-0.2, 0) is 11.3 Å². The number of esters is 1. The lowest BCUT2D eigenvalue weighted by Gasteiger charge is -2.08. The van der Waals surface area contributed by atoms with E-state index in [4.69, 9.17) is 4.74 Å². The molecule has 0 unspecified atom stereocenters. The highest BCUT2D eigenvalue weighted by molar-refractivity contribution is 9.10. The molecule has 0 saturated heterocycles. The molecule has 1 N–H and O–H groups in total. The van der Waals surface area contributed by atoms with Crippen LogP contribution in [0.25, 0.3) is 5.65 Å². The van der Waals surface area contributed by atoms with Crippen molar-refractivity contribution < 1.29 is 14.6 Å². The fourth-order valence-electron chi connectivity index (χ4n) is 2.27. The number of phenols is 1. The van der Waals surface area contributed by atoms with Crippen LogP contribution in [0.5, 0.6) is 5.75 Å². The minimum absolute atomic E-state index is 0.0399. The number of halogens is 1. The summed E-state index contributed by atoms with van der Waals surface area (Å²) in [4.78, 5) is 28.5. The van der Waals surface area contributed by atoms with Crippen molar-refractivity contribution in [3.8, 4) is 5.75 Å². The lowest BCUT2D eigenvalue weighted by Crippen LogP contribution is -2.17. The number of phenolic OH excluding ortho intramolecular Hbond substituents is 1. The second-order valence-electron chi connectivity index (χ2n) is 5.21. The number of hydrogen-bond donors (Lipinski definition) is 1. The molecule has 0 atom stereocenters. The van der Waals surface area contributed by atoms with Crippen molar-refractivity contribution in [1.29, 1.82) is 0 Å². The maximum absolute atomic E-state index is 12.1. The Morgan fingerprint density at radius 1 is 1.33 bits per heavy atom. The van der Waals surface area contributed by atoms with Gasteiger partial charge in [0.25, 0.3) is 5.56 Å². The number of benzene rings is 1. The smallest absolute Gasteiger partial charge is 0.342 e. The van der Waals surface area contributed by atoms with E-state index >= 15 is 0 Å². The molecular weight excluding hydrogens is 376 g/mol.